The summed E-state index contributed by atoms with van der Waals surface area (Å²) >= 11 is 5.85. The van der Waals surface area contributed by atoms with Crippen molar-refractivity contribution in [3.63, 3.8) is 0 Å². The number of anilines is 3. The molecule has 2 N–H and O–H groups in total. The summed E-state index contributed by atoms with van der Waals surface area (Å²) in [4.78, 5) is 50.8. The average molecular weight is 533 g/mol. The second kappa shape index (κ2) is 9.90. The Morgan fingerprint density at radius 2 is 1.81 bits per heavy atom. The Kier molecular flexibility index (Phi) is 6.86. The van der Waals surface area contributed by atoms with E-state index in [0.29, 0.717) is 0 Å². The van der Waals surface area contributed by atoms with Crippen LogP contribution in [0.2, 0.25) is 5.02 Å². The normalized spacial score (nSPS) is 15.0. The van der Waals surface area contributed by atoms with Gasteiger partial charge in [0.25, 0.3) is 11.6 Å². The maximum Gasteiger partial charge on any atom is 0.416 e. The topological polar surface area (TPSA) is 122 Å². The second-order valence-corrected chi connectivity index (χ2v) is 8.36. The maximum absolute atomic E-state index is 13.5. The number of carbonyl (C=O) groups is 3. The molecule has 0 radical (unpaired) electrons. The predicted octanol–water partition coefficient (Wildman–Crippen LogP) is 5.26. The average Bonchev–Trinajstić information content (AvgIpc) is 2.84. The minimum Gasteiger partial charge on any atom is -0.326 e. The summed E-state index contributed by atoms with van der Waals surface area (Å²) in [6.45, 7) is 0. The summed E-state index contributed by atoms with van der Waals surface area (Å²) in [5.74, 6) is -2.38. The lowest BCUT2D eigenvalue weighted by molar-refractivity contribution is -0.384. The Labute approximate surface area is 212 Å². The van der Waals surface area contributed by atoms with E-state index in [9.17, 15) is 37.7 Å². The molecular formula is C24H16ClF3N4O5. The van der Waals surface area contributed by atoms with Crippen LogP contribution >= 0.6 is 11.6 Å². The molecule has 37 heavy (non-hydrogen) atoms. The largest absolute Gasteiger partial charge is 0.416 e. The molecule has 0 saturated carbocycles. The summed E-state index contributed by atoms with van der Waals surface area (Å²) in [5, 5.41) is 16.0. The molecule has 13 heteroatoms. The van der Waals surface area contributed by atoms with Crippen LogP contribution in [0.4, 0.5) is 35.9 Å². The van der Waals surface area contributed by atoms with Crippen molar-refractivity contribution >= 4 is 52.1 Å². The number of hydrogen-bond acceptors (Lipinski definition) is 5. The van der Waals surface area contributed by atoms with E-state index in [4.69, 9.17) is 11.6 Å². The maximum atomic E-state index is 13.5. The van der Waals surface area contributed by atoms with Crippen LogP contribution in [0, 0.1) is 10.1 Å². The standard InChI is InChI=1S/C24H16ClF3N4O5/c25-16-9-8-13(10-19(16)32(36)37)23(35)31-18-7-2-1-6-17(18)30-22(34)20(31)12-21(33)29-15-5-3-4-14(11-15)24(26,27)28/h1-11,20H,12H2,(H,29,33)(H,30,34)/t20-/m1/s1. The van der Waals surface area contributed by atoms with Gasteiger partial charge in [-0.3, -0.25) is 29.4 Å². The number of para-hydroxylation sites is 2. The van der Waals surface area contributed by atoms with Crippen LogP contribution in [0.5, 0.6) is 0 Å². The van der Waals surface area contributed by atoms with Crippen molar-refractivity contribution in [3.8, 4) is 0 Å². The zero-order valence-electron chi connectivity index (χ0n) is 18.6. The van der Waals surface area contributed by atoms with Crippen molar-refractivity contribution in [1.82, 2.24) is 0 Å². The molecule has 9 nitrogen and oxygen atoms in total. The molecular weight excluding hydrogens is 517 g/mol. The highest BCUT2D eigenvalue weighted by Gasteiger charge is 2.39. The molecule has 0 bridgehead atoms. The van der Waals surface area contributed by atoms with Crippen LogP contribution in [0.25, 0.3) is 0 Å². The van der Waals surface area contributed by atoms with Crippen LogP contribution in [0.1, 0.15) is 22.3 Å². The van der Waals surface area contributed by atoms with Gasteiger partial charge in [0.2, 0.25) is 11.8 Å². The van der Waals surface area contributed by atoms with Gasteiger partial charge in [-0.05, 0) is 42.5 Å². The lowest BCUT2D eigenvalue weighted by Crippen LogP contribution is -2.52. The molecule has 0 unspecified atom stereocenters. The third-order valence-corrected chi connectivity index (χ3v) is 5.82. The van der Waals surface area contributed by atoms with E-state index in [1.165, 1.54) is 24.3 Å². The number of alkyl halides is 3. The lowest BCUT2D eigenvalue weighted by Gasteiger charge is -2.36. The first-order valence-electron chi connectivity index (χ1n) is 10.6. The molecule has 4 rings (SSSR count). The Morgan fingerprint density at radius 1 is 1.08 bits per heavy atom. The van der Waals surface area contributed by atoms with Crippen LogP contribution in [0.15, 0.2) is 66.7 Å². The third kappa shape index (κ3) is 5.38. The zero-order valence-corrected chi connectivity index (χ0v) is 19.3. The molecule has 1 heterocycles. The van der Waals surface area contributed by atoms with Crippen molar-refractivity contribution in [3.05, 3.63) is 93.0 Å². The summed E-state index contributed by atoms with van der Waals surface area (Å²) in [5.41, 5.74) is -1.33. The minimum absolute atomic E-state index is 0.150. The molecule has 3 aromatic rings. The molecule has 1 aliphatic heterocycles. The number of nitro benzene ring substituents is 1. The molecule has 0 saturated heterocycles. The molecule has 0 aromatic heterocycles. The van der Waals surface area contributed by atoms with Crippen molar-refractivity contribution in [2.75, 3.05) is 15.5 Å². The molecule has 0 spiro atoms. The highest BCUT2D eigenvalue weighted by atomic mass is 35.5. The zero-order chi connectivity index (χ0) is 26.9. The molecule has 3 aromatic carbocycles. The van der Waals surface area contributed by atoms with E-state index in [1.807, 2.05) is 0 Å². The summed E-state index contributed by atoms with van der Waals surface area (Å²) < 4.78 is 39.0. The Hall–Kier alpha value is -4.45. The van der Waals surface area contributed by atoms with Gasteiger partial charge in [0.05, 0.1) is 28.3 Å². The predicted molar refractivity (Wildman–Crippen MR) is 128 cm³/mol. The van der Waals surface area contributed by atoms with Crippen LogP contribution in [-0.2, 0) is 15.8 Å². The fourth-order valence-electron chi connectivity index (χ4n) is 3.81. The number of halogens is 4. The number of carbonyl (C=O) groups excluding carboxylic acids is 3. The first-order chi connectivity index (χ1) is 17.5. The number of rotatable bonds is 5. The SMILES string of the molecule is O=C(C[C@@H]1C(=O)Nc2ccccc2N1C(=O)c1ccc(Cl)c([N+](=O)[O-])c1)Nc1cccc(C(F)(F)F)c1. The number of benzene rings is 3. The summed E-state index contributed by atoms with van der Waals surface area (Å²) in [7, 11) is 0. The van der Waals surface area contributed by atoms with Crippen molar-refractivity contribution in [2.45, 2.75) is 18.6 Å². The highest BCUT2D eigenvalue weighted by Crippen LogP contribution is 2.36. The first kappa shape index (κ1) is 25.6. The second-order valence-electron chi connectivity index (χ2n) is 7.95. The van der Waals surface area contributed by atoms with Crippen molar-refractivity contribution < 1.29 is 32.5 Å². The number of nitrogens with zero attached hydrogens (tertiary/aromatic N) is 2. The van der Waals surface area contributed by atoms with Gasteiger partial charge in [0, 0.05) is 17.3 Å². The molecule has 1 atom stereocenters. The number of fused-ring (bicyclic) bond motifs is 1. The Bertz CT molecular complexity index is 1430. The van der Waals surface area contributed by atoms with E-state index in [1.54, 1.807) is 12.1 Å². The van der Waals surface area contributed by atoms with Gasteiger partial charge in [0.1, 0.15) is 11.1 Å². The summed E-state index contributed by atoms with van der Waals surface area (Å²) in [6, 6.07) is 12.1. The van der Waals surface area contributed by atoms with Crippen LogP contribution < -0.4 is 15.5 Å². The molecule has 0 aliphatic carbocycles. The van der Waals surface area contributed by atoms with E-state index in [2.05, 4.69) is 10.6 Å². The number of amides is 3. The lowest BCUT2D eigenvalue weighted by atomic mass is 10.0. The number of nitrogens with one attached hydrogen (secondary N) is 2. The first-order valence-corrected chi connectivity index (χ1v) is 11.0. The van der Waals surface area contributed by atoms with E-state index < -0.39 is 52.5 Å². The smallest absolute Gasteiger partial charge is 0.326 e. The molecule has 0 fully saturated rings. The quantitative estimate of drug-likeness (QED) is 0.343. The van der Waals surface area contributed by atoms with Gasteiger partial charge >= 0.3 is 6.18 Å². The number of hydrogen-bond donors (Lipinski definition) is 2. The third-order valence-electron chi connectivity index (χ3n) is 5.50. The monoisotopic (exact) mass is 532 g/mol. The van der Waals surface area contributed by atoms with Crippen LogP contribution in [0.3, 0.4) is 0 Å². The Balaban J connectivity index is 1.67. The fraction of sp³-hybridized carbons (Fsp3) is 0.125. The van der Waals surface area contributed by atoms with Crippen LogP contribution in [-0.4, -0.2) is 28.7 Å². The van der Waals surface area contributed by atoms with Gasteiger partial charge in [0.15, 0.2) is 0 Å². The number of nitro groups is 1. The van der Waals surface area contributed by atoms with Gasteiger partial charge in [-0.15, -0.1) is 0 Å². The molecule has 3 amide bonds. The van der Waals surface area contributed by atoms with Crippen molar-refractivity contribution in [2.24, 2.45) is 0 Å². The highest BCUT2D eigenvalue weighted by molar-refractivity contribution is 6.33. The van der Waals surface area contributed by atoms with E-state index in [-0.39, 0.29) is 27.6 Å². The minimum atomic E-state index is -4.63. The fourth-order valence-corrected chi connectivity index (χ4v) is 4.00. The van der Waals surface area contributed by atoms with Gasteiger partial charge in [-0.1, -0.05) is 29.8 Å². The van der Waals surface area contributed by atoms with Crippen molar-refractivity contribution in [1.29, 1.82) is 0 Å². The van der Waals surface area contributed by atoms with Gasteiger partial charge in [-0.25, -0.2) is 0 Å². The van der Waals surface area contributed by atoms with Gasteiger partial charge in [-0.2, -0.15) is 13.2 Å². The van der Waals surface area contributed by atoms with E-state index in [0.717, 1.165) is 35.2 Å². The van der Waals surface area contributed by atoms with E-state index >= 15 is 0 Å². The Morgan fingerprint density at radius 3 is 2.51 bits per heavy atom. The summed E-state index contributed by atoms with van der Waals surface area (Å²) in [6.07, 6.45) is -5.24. The molecule has 190 valence electrons. The van der Waals surface area contributed by atoms with Gasteiger partial charge < -0.3 is 10.6 Å². The molecule has 1 aliphatic rings.